The van der Waals surface area contributed by atoms with E-state index in [-0.39, 0.29) is 24.6 Å². The summed E-state index contributed by atoms with van der Waals surface area (Å²) in [6.45, 7) is 0.293. The summed E-state index contributed by atoms with van der Waals surface area (Å²) in [7, 11) is 0. The van der Waals surface area contributed by atoms with Gasteiger partial charge in [-0.25, -0.2) is 0 Å². The van der Waals surface area contributed by atoms with Gasteiger partial charge in [-0.05, 0) is 18.8 Å². The van der Waals surface area contributed by atoms with Crippen LogP contribution in [0.2, 0.25) is 0 Å². The number of hydrogen-bond donors (Lipinski definition) is 2. The molecule has 0 radical (unpaired) electrons. The van der Waals surface area contributed by atoms with E-state index in [4.69, 9.17) is 10.8 Å². The Hall–Kier alpha value is -1.24. The lowest BCUT2D eigenvalue weighted by Crippen LogP contribution is -2.37. The molecule has 2 amide bonds. The Labute approximate surface area is 110 Å². The smallest absolute Gasteiger partial charge is 0.323 e. The first-order valence-corrected chi connectivity index (χ1v) is 7.00. The van der Waals surface area contributed by atoms with E-state index in [1.807, 2.05) is 0 Å². The second-order valence-corrected chi connectivity index (χ2v) is 5.49. The van der Waals surface area contributed by atoms with Crippen molar-refractivity contribution in [1.82, 2.24) is 4.90 Å². The lowest BCUT2D eigenvalue weighted by Gasteiger charge is -2.20. The van der Waals surface area contributed by atoms with Crippen LogP contribution in [0.25, 0.3) is 0 Å². The van der Waals surface area contributed by atoms with Crippen molar-refractivity contribution in [3.05, 3.63) is 0 Å². The van der Waals surface area contributed by atoms with Crippen molar-refractivity contribution >= 4 is 29.5 Å². The van der Waals surface area contributed by atoms with Crippen molar-refractivity contribution in [2.75, 3.05) is 24.6 Å². The highest BCUT2D eigenvalue weighted by molar-refractivity contribution is 7.99. The summed E-state index contributed by atoms with van der Waals surface area (Å²) in [4.78, 5) is 34.4. The zero-order chi connectivity index (χ0) is 13.5. The molecule has 1 aliphatic carbocycles. The summed E-state index contributed by atoms with van der Waals surface area (Å²) in [5.74, 6) is -0.424. The maximum absolute atomic E-state index is 11.8. The normalized spacial score (nSPS) is 14.2. The van der Waals surface area contributed by atoms with Gasteiger partial charge in [-0.1, -0.05) is 0 Å². The molecule has 0 bridgehead atoms. The molecule has 7 heteroatoms. The molecule has 0 unspecified atom stereocenters. The van der Waals surface area contributed by atoms with Gasteiger partial charge in [-0.15, -0.1) is 0 Å². The zero-order valence-electron chi connectivity index (χ0n) is 10.1. The second kappa shape index (κ2) is 7.25. The van der Waals surface area contributed by atoms with Gasteiger partial charge < -0.3 is 15.7 Å². The summed E-state index contributed by atoms with van der Waals surface area (Å²) in [6.07, 6.45) is 2.39. The summed E-state index contributed by atoms with van der Waals surface area (Å²) in [5.41, 5.74) is 4.98. The first kappa shape index (κ1) is 14.8. The Morgan fingerprint density at radius 1 is 1.33 bits per heavy atom. The Kier molecular flexibility index (Phi) is 5.97. The van der Waals surface area contributed by atoms with Gasteiger partial charge in [0.2, 0.25) is 11.8 Å². The van der Waals surface area contributed by atoms with Crippen LogP contribution in [0.15, 0.2) is 0 Å². The number of thioether (sulfide) groups is 1. The van der Waals surface area contributed by atoms with Gasteiger partial charge in [0.25, 0.3) is 0 Å². The fourth-order valence-corrected chi connectivity index (χ4v) is 2.18. The van der Waals surface area contributed by atoms with E-state index in [0.29, 0.717) is 18.2 Å². The van der Waals surface area contributed by atoms with Crippen LogP contribution < -0.4 is 5.73 Å². The highest BCUT2D eigenvalue weighted by atomic mass is 32.2. The number of nitrogens with two attached hydrogens (primary N) is 1. The van der Waals surface area contributed by atoms with Crippen molar-refractivity contribution in [3.63, 3.8) is 0 Å². The van der Waals surface area contributed by atoms with Crippen molar-refractivity contribution in [1.29, 1.82) is 0 Å². The molecule has 0 spiro atoms. The van der Waals surface area contributed by atoms with E-state index in [9.17, 15) is 14.4 Å². The van der Waals surface area contributed by atoms with Gasteiger partial charge in [0.05, 0.1) is 5.75 Å². The third-order valence-corrected chi connectivity index (χ3v) is 3.54. The van der Waals surface area contributed by atoms with E-state index < -0.39 is 11.9 Å². The van der Waals surface area contributed by atoms with Gasteiger partial charge in [0.15, 0.2) is 0 Å². The maximum atomic E-state index is 11.8. The number of nitrogens with zero attached hydrogens (tertiary/aromatic N) is 1. The first-order valence-electron chi connectivity index (χ1n) is 5.84. The highest BCUT2D eigenvalue weighted by Crippen LogP contribution is 2.29. The predicted molar refractivity (Wildman–Crippen MR) is 68.1 cm³/mol. The maximum Gasteiger partial charge on any atom is 0.323 e. The molecule has 1 rings (SSSR count). The number of primary amides is 1. The Balaban J connectivity index is 2.28. The molecule has 1 saturated carbocycles. The average molecular weight is 274 g/mol. The summed E-state index contributed by atoms with van der Waals surface area (Å²) in [5, 5.41) is 8.75. The minimum absolute atomic E-state index is 0.165. The van der Waals surface area contributed by atoms with Crippen molar-refractivity contribution < 1.29 is 19.5 Å². The topological polar surface area (TPSA) is 101 Å². The monoisotopic (exact) mass is 274 g/mol. The quantitative estimate of drug-likeness (QED) is 0.573. The van der Waals surface area contributed by atoms with Crippen LogP contribution in [-0.4, -0.2) is 52.4 Å². The van der Waals surface area contributed by atoms with Crippen LogP contribution in [0, 0.1) is 5.92 Å². The van der Waals surface area contributed by atoms with Crippen molar-refractivity contribution in [2.24, 2.45) is 11.7 Å². The third kappa shape index (κ3) is 6.48. The molecule has 1 fully saturated rings. The molecule has 102 valence electrons. The number of aliphatic carboxylic acids is 1. The lowest BCUT2D eigenvalue weighted by atomic mass is 10.3. The first-order chi connectivity index (χ1) is 8.49. The fraction of sp³-hybridized carbons (Fsp3) is 0.727. The van der Waals surface area contributed by atoms with Crippen LogP contribution in [0.3, 0.4) is 0 Å². The molecule has 0 saturated heterocycles. The molecule has 0 aliphatic heterocycles. The average Bonchev–Trinajstić information content (AvgIpc) is 3.06. The van der Waals surface area contributed by atoms with E-state index >= 15 is 0 Å². The van der Waals surface area contributed by atoms with E-state index in [1.54, 1.807) is 0 Å². The molecular weight excluding hydrogens is 256 g/mol. The number of rotatable bonds is 9. The minimum atomic E-state index is -0.992. The SMILES string of the molecule is NC(=O)CSCCC(=O)N(CC(=O)O)CC1CC1. The summed E-state index contributed by atoms with van der Waals surface area (Å²) in [6, 6.07) is 0. The Morgan fingerprint density at radius 2 is 2.00 bits per heavy atom. The fourth-order valence-electron chi connectivity index (χ4n) is 1.52. The number of carboxylic acids is 1. The van der Waals surface area contributed by atoms with Crippen LogP contribution >= 0.6 is 11.8 Å². The van der Waals surface area contributed by atoms with Gasteiger partial charge in [0.1, 0.15) is 6.54 Å². The van der Waals surface area contributed by atoms with Crippen LogP contribution in [-0.2, 0) is 14.4 Å². The van der Waals surface area contributed by atoms with Crippen molar-refractivity contribution in [3.8, 4) is 0 Å². The molecule has 0 aromatic carbocycles. The molecule has 0 atom stereocenters. The number of carbonyl (C=O) groups is 3. The van der Waals surface area contributed by atoms with Gasteiger partial charge in [-0.3, -0.25) is 14.4 Å². The predicted octanol–water partition coefficient (Wildman–Crippen LogP) is -0.0818. The highest BCUT2D eigenvalue weighted by Gasteiger charge is 2.27. The van der Waals surface area contributed by atoms with Crippen LogP contribution in [0.5, 0.6) is 0 Å². The Bertz CT molecular complexity index is 331. The summed E-state index contributed by atoms with van der Waals surface area (Å²) >= 11 is 1.29. The standard InChI is InChI=1S/C11H18N2O4S/c12-9(14)7-18-4-3-10(15)13(6-11(16)17)5-8-1-2-8/h8H,1-7H2,(H2,12,14)(H,16,17). The molecule has 3 N–H and O–H groups in total. The molecule has 6 nitrogen and oxygen atoms in total. The Morgan fingerprint density at radius 3 is 2.50 bits per heavy atom. The van der Waals surface area contributed by atoms with E-state index in [1.165, 1.54) is 16.7 Å². The molecule has 0 aromatic rings. The van der Waals surface area contributed by atoms with Crippen molar-refractivity contribution in [2.45, 2.75) is 19.3 Å². The van der Waals surface area contributed by atoms with Crippen LogP contribution in [0.1, 0.15) is 19.3 Å². The molecule has 18 heavy (non-hydrogen) atoms. The number of carboxylic acid groups (broad SMARTS) is 1. The number of amides is 2. The molecule has 1 aliphatic rings. The molecular formula is C11H18N2O4S. The lowest BCUT2D eigenvalue weighted by molar-refractivity contribution is -0.144. The molecule has 0 aromatic heterocycles. The van der Waals surface area contributed by atoms with Gasteiger partial charge in [0, 0.05) is 18.7 Å². The molecule has 0 heterocycles. The van der Waals surface area contributed by atoms with Gasteiger partial charge in [-0.2, -0.15) is 11.8 Å². The zero-order valence-corrected chi connectivity index (χ0v) is 10.9. The minimum Gasteiger partial charge on any atom is -0.480 e. The van der Waals surface area contributed by atoms with Gasteiger partial charge >= 0.3 is 5.97 Å². The van der Waals surface area contributed by atoms with E-state index in [0.717, 1.165) is 12.8 Å². The second-order valence-electron chi connectivity index (χ2n) is 4.38. The number of carbonyl (C=O) groups excluding carboxylic acids is 2. The van der Waals surface area contributed by atoms with E-state index in [2.05, 4.69) is 0 Å². The summed E-state index contributed by atoms with van der Waals surface area (Å²) < 4.78 is 0. The largest absolute Gasteiger partial charge is 0.480 e. The third-order valence-electron chi connectivity index (χ3n) is 2.56. The van der Waals surface area contributed by atoms with Crippen LogP contribution in [0.4, 0.5) is 0 Å². The number of hydrogen-bond acceptors (Lipinski definition) is 4.